The van der Waals surface area contributed by atoms with Gasteiger partial charge in [-0.15, -0.1) is 12.4 Å². The Morgan fingerprint density at radius 2 is 1.87 bits per heavy atom. The second kappa shape index (κ2) is 9.33. The Morgan fingerprint density at radius 3 is 2.48 bits per heavy atom. The van der Waals surface area contributed by atoms with Gasteiger partial charge in [0.1, 0.15) is 0 Å². The van der Waals surface area contributed by atoms with E-state index < -0.39 is 0 Å². The van der Waals surface area contributed by atoms with Crippen molar-refractivity contribution in [1.82, 2.24) is 15.5 Å². The number of amides is 3. The molecule has 4 N–H and O–H groups in total. The van der Waals surface area contributed by atoms with Gasteiger partial charge in [0.25, 0.3) is 0 Å². The molecule has 0 bridgehead atoms. The van der Waals surface area contributed by atoms with E-state index in [9.17, 15) is 9.59 Å². The highest BCUT2D eigenvalue weighted by Crippen LogP contribution is 2.31. The lowest BCUT2D eigenvalue weighted by Gasteiger charge is -2.32. The van der Waals surface area contributed by atoms with Gasteiger partial charge >= 0.3 is 6.03 Å². The second-order valence-electron chi connectivity index (χ2n) is 7.11. The van der Waals surface area contributed by atoms with E-state index in [4.69, 9.17) is 5.73 Å². The number of likely N-dealkylation sites (tertiary alicyclic amines) is 1. The Hall–Kier alpha value is -1.01. The molecule has 2 aliphatic rings. The van der Waals surface area contributed by atoms with Gasteiger partial charge in [-0.2, -0.15) is 0 Å². The number of nitrogens with two attached hydrogens (primary N) is 1. The number of hydrogen-bond acceptors (Lipinski definition) is 3. The molecule has 2 atom stereocenters. The van der Waals surface area contributed by atoms with Gasteiger partial charge in [-0.3, -0.25) is 4.79 Å². The van der Waals surface area contributed by atoms with E-state index in [0.717, 1.165) is 19.4 Å². The van der Waals surface area contributed by atoms with E-state index in [2.05, 4.69) is 24.5 Å². The third kappa shape index (κ3) is 6.55. The van der Waals surface area contributed by atoms with Gasteiger partial charge in [0.05, 0.1) is 5.92 Å². The molecule has 0 aromatic carbocycles. The first kappa shape index (κ1) is 20.0. The lowest BCUT2D eigenvalue weighted by Crippen LogP contribution is -2.50. The average molecular weight is 347 g/mol. The highest BCUT2D eigenvalue weighted by Gasteiger charge is 2.31. The Kier molecular flexibility index (Phi) is 8.12. The summed E-state index contributed by atoms with van der Waals surface area (Å²) in [6, 6.07) is 0.0267. The Labute approximate surface area is 145 Å². The summed E-state index contributed by atoms with van der Waals surface area (Å²) in [5, 5.41) is 5.88. The molecule has 1 aliphatic heterocycles. The fraction of sp³-hybridized carbons (Fsp3) is 0.875. The third-order valence-corrected chi connectivity index (χ3v) is 4.48. The quantitative estimate of drug-likeness (QED) is 0.678. The van der Waals surface area contributed by atoms with Crippen LogP contribution in [0.1, 0.15) is 39.5 Å². The molecule has 0 aromatic heterocycles. The van der Waals surface area contributed by atoms with Crippen LogP contribution >= 0.6 is 12.4 Å². The van der Waals surface area contributed by atoms with Crippen molar-refractivity contribution < 1.29 is 9.59 Å². The fourth-order valence-electron chi connectivity index (χ4n) is 2.83. The predicted octanol–water partition coefficient (Wildman–Crippen LogP) is 1.34. The summed E-state index contributed by atoms with van der Waals surface area (Å²) in [4.78, 5) is 26.1. The van der Waals surface area contributed by atoms with E-state index in [0.29, 0.717) is 31.5 Å². The van der Waals surface area contributed by atoms with Crippen molar-refractivity contribution in [3.63, 3.8) is 0 Å². The van der Waals surface area contributed by atoms with Gasteiger partial charge < -0.3 is 21.3 Å². The fourth-order valence-corrected chi connectivity index (χ4v) is 2.83. The van der Waals surface area contributed by atoms with E-state index in [-0.39, 0.29) is 36.3 Å². The normalized spacial score (nSPS) is 22.3. The van der Waals surface area contributed by atoms with Crippen LogP contribution in [-0.2, 0) is 4.79 Å². The van der Waals surface area contributed by atoms with Crippen LogP contribution in [0.4, 0.5) is 4.79 Å². The standard InChI is InChI=1S/C16H30N4O2.ClH/c1-11(2)8-19-16(22)20-7-3-4-13(10-20)15(21)18-9-14(17)12-5-6-12;/h11-14H,3-10,17H2,1-2H3,(H,18,21)(H,19,22);1H. The van der Waals surface area contributed by atoms with Gasteiger partial charge in [0.15, 0.2) is 0 Å². The molecule has 0 spiro atoms. The summed E-state index contributed by atoms with van der Waals surface area (Å²) in [7, 11) is 0. The second-order valence-corrected chi connectivity index (χ2v) is 7.11. The number of hydrogen-bond donors (Lipinski definition) is 3. The van der Waals surface area contributed by atoms with Gasteiger partial charge in [-0.05, 0) is 37.5 Å². The molecular weight excluding hydrogens is 316 g/mol. The summed E-state index contributed by atoms with van der Waals surface area (Å²) >= 11 is 0. The largest absolute Gasteiger partial charge is 0.354 e. The van der Waals surface area contributed by atoms with Crippen LogP contribution in [0.2, 0.25) is 0 Å². The van der Waals surface area contributed by atoms with Crippen LogP contribution < -0.4 is 16.4 Å². The summed E-state index contributed by atoms with van der Waals surface area (Å²) in [5.41, 5.74) is 6.01. The van der Waals surface area contributed by atoms with E-state index >= 15 is 0 Å². The third-order valence-electron chi connectivity index (χ3n) is 4.48. The minimum atomic E-state index is -0.107. The van der Waals surface area contributed by atoms with Gasteiger partial charge in [-0.25, -0.2) is 4.79 Å². The molecule has 134 valence electrons. The van der Waals surface area contributed by atoms with Gasteiger partial charge in [0.2, 0.25) is 5.91 Å². The number of carbonyl (C=O) groups excluding carboxylic acids is 2. The average Bonchev–Trinajstić information content (AvgIpc) is 3.34. The smallest absolute Gasteiger partial charge is 0.317 e. The molecule has 23 heavy (non-hydrogen) atoms. The number of carbonyl (C=O) groups is 2. The molecule has 1 aliphatic carbocycles. The summed E-state index contributed by atoms with van der Waals surface area (Å²) in [6.07, 6.45) is 4.09. The SMILES string of the molecule is CC(C)CNC(=O)N1CCCC(C(=O)NCC(N)C2CC2)C1.Cl. The zero-order valence-electron chi connectivity index (χ0n) is 14.2. The maximum absolute atomic E-state index is 12.3. The highest BCUT2D eigenvalue weighted by atomic mass is 35.5. The number of nitrogens with zero attached hydrogens (tertiary/aromatic N) is 1. The Balaban J connectivity index is 0.00000264. The minimum Gasteiger partial charge on any atom is -0.354 e. The van der Waals surface area contributed by atoms with Crippen LogP contribution in [0.3, 0.4) is 0 Å². The first-order valence-corrected chi connectivity index (χ1v) is 8.53. The van der Waals surface area contributed by atoms with Crippen molar-refractivity contribution in [2.45, 2.75) is 45.6 Å². The molecule has 6 nitrogen and oxygen atoms in total. The van der Waals surface area contributed by atoms with Gasteiger partial charge in [-0.1, -0.05) is 13.8 Å². The van der Waals surface area contributed by atoms with E-state index in [1.807, 2.05) is 0 Å². The van der Waals surface area contributed by atoms with Crippen molar-refractivity contribution >= 4 is 24.3 Å². The highest BCUT2D eigenvalue weighted by molar-refractivity contribution is 5.85. The van der Waals surface area contributed by atoms with Crippen LogP contribution in [0.5, 0.6) is 0 Å². The van der Waals surface area contributed by atoms with Crippen LogP contribution in [0.15, 0.2) is 0 Å². The topological polar surface area (TPSA) is 87.5 Å². The number of urea groups is 1. The zero-order chi connectivity index (χ0) is 16.1. The zero-order valence-corrected chi connectivity index (χ0v) is 15.0. The number of halogens is 1. The molecule has 7 heteroatoms. The Bertz CT molecular complexity index is 402. The molecule has 3 amide bonds. The first-order valence-electron chi connectivity index (χ1n) is 8.53. The van der Waals surface area contributed by atoms with Crippen LogP contribution in [-0.4, -0.2) is 49.1 Å². The summed E-state index contributed by atoms with van der Waals surface area (Å²) < 4.78 is 0. The molecule has 1 saturated heterocycles. The molecule has 1 heterocycles. The van der Waals surface area contributed by atoms with Crippen molar-refractivity contribution in [2.75, 3.05) is 26.2 Å². The molecule has 2 rings (SSSR count). The van der Waals surface area contributed by atoms with E-state index in [1.165, 1.54) is 12.8 Å². The molecular formula is C16H31ClN4O2. The van der Waals surface area contributed by atoms with E-state index in [1.54, 1.807) is 4.90 Å². The van der Waals surface area contributed by atoms with Crippen molar-refractivity contribution in [3.05, 3.63) is 0 Å². The molecule has 0 radical (unpaired) electrons. The van der Waals surface area contributed by atoms with Crippen LogP contribution in [0, 0.1) is 17.8 Å². The molecule has 0 aromatic rings. The first-order chi connectivity index (χ1) is 10.5. The monoisotopic (exact) mass is 346 g/mol. The molecule has 2 unspecified atom stereocenters. The maximum Gasteiger partial charge on any atom is 0.317 e. The van der Waals surface area contributed by atoms with Crippen molar-refractivity contribution in [3.8, 4) is 0 Å². The maximum atomic E-state index is 12.3. The number of nitrogens with one attached hydrogen (secondary N) is 2. The number of piperidine rings is 1. The summed E-state index contributed by atoms with van der Waals surface area (Å²) in [6.45, 7) is 6.59. The Morgan fingerprint density at radius 1 is 1.17 bits per heavy atom. The van der Waals surface area contributed by atoms with Crippen molar-refractivity contribution in [2.24, 2.45) is 23.5 Å². The molecule has 2 fully saturated rings. The molecule has 1 saturated carbocycles. The minimum absolute atomic E-state index is 0. The van der Waals surface area contributed by atoms with Crippen molar-refractivity contribution in [1.29, 1.82) is 0 Å². The summed E-state index contributed by atoms with van der Waals surface area (Å²) in [5.74, 6) is 0.948. The van der Waals surface area contributed by atoms with Crippen LogP contribution in [0.25, 0.3) is 0 Å². The number of rotatable bonds is 6. The lowest BCUT2D eigenvalue weighted by atomic mass is 9.97. The lowest BCUT2D eigenvalue weighted by molar-refractivity contribution is -0.126. The van der Waals surface area contributed by atoms with Gasteiger partial charge in [0, 0.05) is 32.2 Å². The predicted molar refractivity (Wildman–Crippen MR) is 93.5 cm³/mol.